The summed E-state index contributed by atoms with van der Waals surface area (Å²) in [5.74, 6) is 0.495. The van der Waals surface area contributed by atoms with Gasteiger partial charge in [0.15, 0.2) is 11.5 Å². The van der Waals surface area contributed by atoms with E-state index < -0.39 is 0 Å². The third-order valence-corrected chi connectivity index (χ3v) is 4.15. The van der Waals surface area contributed by atoms with Gasteiger partial charge in [0.25, 0.3) is 5.91 Å². The van der Waals surface area contributed by atoms with Crippen LogP contribution in [0.2, 0.25) is 0 Å². The Morgan fingerprint density at radius 1 is 1.20 bits per heavy atom. The van der Waals surface area contributed by atoms with Crippen LogP contribution in [0.5, 0.6) is 0 Å². The number of amides is 1. The molecule has 0 saturated carbocycles. The molecule has 126 valence electrons. The second-order valence-electron chi connectivity index (χ2n) is 5.79. The van der Waals surface area contributed by atoms with Gasteiger partial charge >= 0.3 is 0 Å². The third kappa shape index (κ3) is 2.61. The smallest absolute Gasteiger partial charge is 0.251 e. The lowest BCUT2D eigenvalue weighted by atomic mass is 10.1. The fourth-order valence-electron chi connectivity index (χ4n) is 2.85. The molecule has 0 saturated heterocycles. The molecule has 0 radical (unpaired) electrons. The van der Waals surface area contributed by atoms with Gasteiger partial charge in [-0.05, 0) is 44.2 Å². The van der Waals surface area contributed by atoms with Gasteiger partial charge in [-0.2, -0.15) is 0 Å². The van der Waals surface area contributed by atoms with Gasteiger partial charge in [0, 0.05) is 18.3 Å². The molecule has 0 fully saturated rings. The molecule has 1 amide bonds. The Hall–Kier alpha value is -3.29. The van der Waals surface area contributed by atoms with E-state index in [2.05, 4.69) is 25.8 Å². The van der Waals surface area contributed by atoms with Crippen molar-refractivity contribution in [1.29, 1.82) is 0 Å². The van der Waals surface area contributed by atoms with Crippen LogP contribution in [0.4, 0.5) is 0 Å². The van der Waals surface area contributed by atoms with Gasteiger partial charge in [-0.25, -0.2) is 4.68 Å². The van der Waals surface area contributed by atoms with Crippen LogP contribution in [-0.4, -0.2) is 35.5 Å². The van der Waals surface area contributed by atoms with Crippen LogP contribution in [0.1, 0.15) is 36.1 Å². The van der Waals surface area contributed by atoms with E-state index in [1.54, 1.807) is 16.8 Å². The molecular formula is C17H17N7O. The Kier molecular flexibility index (Phi) is 3.64. The van der Waals surface area contributed by atoms with Crippen LogP contribution in [-0.2, 0) is 6.54 Å². The van der Waals surface area contributed by atoms with Crippen molar-refractivity contribution in [1.82, 2.24) is 34.9 Å². The monoisotopic (exact) mass is 335 g/mol. The summed E-state index contributed by atoms with van der Waals surface area (Å²) in [6, 6.07) is 10.8. The van der Waals surface area contributed by atoms with Crippen molar-refractivity contribution in [3.05, 3.63) is 54.0 Å². The van der Waals surface area contributed by atoms with Gasteiger partial charge < -0.3 is 5.32 Å². The maximum Gasteiger partial charge on any atom is 0.251 e. The van der Waals surface area contributed by atoms with Gasteiger partial charge in [-0.1, -0.05) is 11.3 Å². The Morgan fingerprint density at radius 2 is 2.08 bits per heavy atom. The number of aryl methyl sites for hydroxylation is 1. The first-order valence-corrected chi connectivity index (χ1v) is 8.11. The largest absolute Gasteiger partial charge is 0.342 e. The maximum atomic E-state index is 12.6. The lowest BCUT2D eigenvalue weighted by molar-refractivity contribution is 0.0938. The molecule has 0 aliphatic rings. The highest BCUT2D eigenvalue weighted by molar-refractivity contribution is 5.97. The van der Waals surface area contributed by atoms with Crippen molar-refractivity contribution in [2.24, 2.45) is 0 Å². The van der Waals surface area contributed by atoms with Crippen LogP contribution >= 0.6 is 0 Å². The number of carbonyl (C=O) groups excluding carboxylic acids is 1. The SMILES string of the molecule is CCn1nnc2cc(C(=O)NC(C)c3nnc4ccccn34)ccc21. The van der Waals surface area contributed by atoms with Crippen LogP contribution in [0.15, 0.2) is 42.6 Å². The Bertz CT molecular complexity index is 1070. The number of nitrogens with one attached hydrogen (secondary N) is 1. The summed E-state index contributed by atoms with van der Waals surface area (Å²) >= 11 is 0. The topological polar surface area (TPSA) is 90.0 Å². The number of pyridine rings is 1. The fourth-order valence-corrected chi connectivity index (χ4v) is 2.85. The Balaban J connectivity index is 1.59. The molecule has 8 nitrogen and oxygen atoms in total. The molecule has 1 unspecified atom stereocenters. The molecule has 3 heterocycles. The fraction of sp³-hybridized carbons (Fsp3) is 0.235. The number of hydrogen-bond donors (Lipinski definition) is 1. The number of hydrogen-bond acceptors (Lipinski definition) is 5. The van der Waals surface area contributed by atoms with Crippen LogP contribution < -0.4 is 5.32 Å². The van der Waals surface area contributed by atoms with E-state index in [0.717, 1.165) is 17.7 Å². The molecule has 0 aliphatic heterocycles. The number of nitrogens with zero attached hydrogens (tertiary/aromatic N) is 6. The van der Waals surface area contributed by atoms with E-state index in [0.29, 0.717) is 16.9 Å². The first-order valence-electron chi connectivity index (χ1n) is 8.11. The second-order valence-corrected chi connectivity index (χ2v) is 5.79. The highest BCUT2D eigenvalue weighted by Gasteiger charge is 2.17. The standard InChI is InChI=1S/C17H17N7O/c1-3-24-14-8-7-12(10-13(14)19-22-24)17(25)18-11(2)16-21-20-15-6-4-5-9-23(15)16/h4-11H,3H2,1-2H3,(H,18,25). The molecule has 3 aromatic heterocycles. The van der Waals surface area contributed by atoms with Crippen molar-refractivity contribution < 1.29 is 4.79 Å². The molecule has 1 aromatic carbocycles. The zero-order valence-corrected chi connectivity index (χ0v) is 13.9. The molecule has 1 atom stereocenters. The van der Waals surface area contributed by atoms with Crippen molar-refractivity contribution >= 4 is 22.6 Å². The van der Waals surface area contributed by atoms with Crippen molar-refractivity contribution in [3.8, 4) is 0 Å². The van der Waals surface area contributed by atoms with Gasteiger partial charge in [0.1, 0.15) is 5.52 Å². The van der Waals surface area contributed by atoms with E-state index in [1.165, 1.54) is 0 Å². The minimum Gasteiger partial charge on any atom is -0.342 e. The quantitative estimate of drug-likeness (QED) is 0.616. The summed E-state index contributed by atoms with van der Waals surface area (Å²) in [5.41, 5.74) is 2.90. The van der Waals surface area contributed by atoms with Crippen molar-refractivity contribution in [2.75, 3.05) is 0 Å². The van der Waals surface area contributed by atoms with E-state index in [4.69, 9.17) is 0 Å². The number of benzene rings is 1. The summed E-state index contributed by atoms with van der Waals surface area (Å²) in [5, 5.41) is 19.4. The molecule has 4 aromatic rings. The minimum absolute atomic E-state index is 0.187. The Labute approximate surface area is 143 Å². The van der Waals surface area contributed by atoms with Crippen molar-refractivity contribution in [2.45, 2.75) is 26.4 Å². The van der Waals surface area contributed by atoms with Crippen LogP contribution in [0.3, 0.4) is 0 Å². The zero-order chi connectivity index (χ0) is 17.4. The van der Waals surface area contributed by atoms with Gasteiger partial charge in [-0.3, -0.25) is 9.20 Å². The third-order valence-electron chi connectivity index (χ3n) is 4.15. The number of fused-ring (bicyclic) bond motifs is 2. The summed E-state index contributed by atoms with van der Waals surface area (Å²) in [4.78, 5) is 12.6. The number of rotatable bonds is 4. The van der Waals surface area contributed by atoms with Crippen LogP contribution in [0.25, 0.3) is 16.7 Å². The molecule has 0 aliphatic carbocycles. The Morgan fingerprint density at radius 3 is 2.92 bits per heavy atom. The van der Waals surface area contributed by atoms with E-state index in [1.807, 2.05) is 48.7 Å². The van der Waals surface area contributed by atoms with Crippen LogP contribution in [0, 0.1) is 0 Å². The highest BCUT2D eigenvalue weighted by Crippen LogP contribution is 2.16. The first-order chi connectivity index (χ1) is 12.2. The van der Waals surface area contributed by atoms with Crippen molar-refractivity contribution in [3.63, 3.8) is 0 Å². The zero-order valence-electron chi connectivity index (χ0n) is 13.9. The normalized spacial score (nSPS) is 12.6. The molecule has 1 N–H and O–H groups in total. The molecule has 25 heavy (non-hydrogen) atoms. The lowest BCUT2D eigenvalue weighted by Crippen LogP contribution is -2.28. The van der Waals surface area contributed by atoms with Gasteiger partial charge in [0.05, 0.1) is 11.6 Å². The molecule has 0 bridgehead atoms. The molecule has 0 spiro atoms. The summed E-state index contributed by atoms with van der Waals surface area (Å²) in [6.07, 6.45) is 1.88. The molecular weight excluding hydrogens is 318 g/mol. The first kappa shape index (κ1) is 15.3. The van der Waals surface area contributed by atoms with Gasteiger partial charge in [-0.15, -0.1) is 15.3 Å². The number of carbonyl (C=O) groups is 1. The average molecular weight is 335 g/mol. The van der Waals surface area contributed by atoms with E-state index >= 15 is 0 Å². The second kappa shape index (κ2) is 5.97. The molecule has 4 rings (SSSR count). The van der Waals surface area contributed by atoms with Gasteiger partial charge in [0.2, 0.25) is 0 Å². The maximum absolute atomic E-state index is 12.6. The summed E-state index contributed by atoms with van der Waals surface area (Å²) in [7, 11) is 0. The van der Waals surface area contributed by atoms with E-state index in [9.17, 15) is 4.79 Å². The summed E-state index contributed by atoms with van der Waals surface area (Å²) < 4.78 is 3.66. The lowest BCUT2D eigenvalue weighted by Gasteiger charge is -2.12. The predicted molar refractivity (Wildman–Crippen MR) is 92.1 cm³/mol. The summed E-state index contributed by atoms with van der Waals surface area (Å²) in [6.45, 7) is 4.62. The predicted octanol–water partition coefficient (Wildman–Crippen LogP) is 1.98. The average Bonchev–Trinajstić information content (AvgIpc) is 3.24. The van der Waals surface area contributed by atoms with E-state index in [-0.39, 0.29) is 11.9 Å². The minimum atomic E-state index is -0.285. The highest BCUT2D eigenvalue weighted by atomic mass is 16.1. The number of aromatic nitrogens is 6. The molecule has 8 heteroatoms.